The molecule has 22 heavy (non-hydrogen) atoms. The van der Waals surface area contributed by atoms with Crippen LogP contribution in [0.2, 0.25) is 0 Å². The second-order valence-corrected chi connectivity index (χ2v) is 9.76. The van der Waals surface area contributed by atoms with Crippen LogP contribution in [0.1, 0.15) is 72.1 Å². The Labute approximate surface area is 135 Å². The minimum atomic E-state index is -0.116. The topological polar surface area (TPSA) is 40.5 Å². The lowest BCUT2D eigenvalue weighted by atomic mass is 9.44. The predicted octanol–water partition coefficient (Wildman–Crippen LogP) is 4.00. The summed E-state index contributed by atoms with van der Waals surface area (Å²) in [5.74, 6) is 3.46. The minimum Gasteiger partial charge on any atom is -0.393 e. The SMILES string of the molecule is C[C@H]1CC[C@H]2[C@@H]3CC[C@@H]4C[C@H](O)CC[C@]4(C)[C@H]3[C@@H](O)C[C@]12C. The van der Waals surface area contributed by atoms with Crippen LogP contribution < -0.4 is 0 Å². The van der Waals surface area contributed by atoms with E-state index < -0.39 is 0 Å². The van der Waals surface area contributed by atoms with E-state index in [1.54, 1.807) is 0 Å². The summed E-state index contributed by atoms with van der Waals surface area (Å²) in [6, 6.07) is 0. The second-order valence-electron chi connectivity index (χ2n) is 9.76. The largest absolute Gasteiger partial charge is 0.393 e. The van der Waals surface area contributed by atoms with Crippen molar-refractivity contribution in [3.8, 4) is 0 Å². The zero-order valence-electron chi connectivity index (χ0n) is 14.6. The van der Waals surface area contributed by atoms with Crippen LogP contribution in [0.4, 0.5) is 0 Å². The van der Waals surface area contributed by atoms with Crippen LogP contribution in [0.25, 0.3) is 0 Å². The van der Waals surface area contributed by atoms with Gasteiger partial charge in [0.05, 0.1) is 12.2 Å². The molecule has 4 rings (SSSR count). The van der Waals surface area contributed by atoms with E-state index in [1.807, 2.05) is 0 Å². The van der Waals surface area contributed by atoms with Gasteiger partial charge in [-0.15, -0.1) is 0 Å². The van der Waals surface area contributed by atoms with Crippen molar-refractivity contribution < 1.29 is 10.2 Å². The van der Waals surface area contributed by atoms with Crippen LogP contribution in [0.3, 0.4) is 0 Å². The standard InChI is InChI=1S/C20H34O2/c1-12-4-7-16-15-6-5-13-10-14(21)8-9-19(13,2)18(15)17(22)11-20(12,16)3/h12-18,21-22H,4-11H2,1-3H3/t12-,13+,14+,15-,16-,17-,18+,19-,20+/m0/s1. The highest BCUT2D eigenvalue weighted by atomic mass is 16.3. The Morgan fingerprint density at radius 2 is 1.68 bits per heavy atom. The van der Waals surface area contributed by atoms with Gasteiger partial charge in [-0.05, 0) is 91.8 Å². The van der Waals surface area contributed by atoms with E-state index in [0.29, 0.717) is 17.3 Å². The molecule has 0 saturated heterocycles. The molecule has 0 aromatic heterocycles. The maximum atomic E-state index is 11.1. The van der Waals surface area contributed by atoms with Crippen molar-refractivity contribution in [1.82, 2.24) is 0 Å². The summed E-state index contributed by atoms with van der Waals surface area (Å²) in [6.45, 7) is 7.33. The fourth-order valence-corrected chi connectivity index (χ4v) is 7.61. The van der Waals surface area contributed by atoms with Crippen molar-refractivity contribution in [3.63, 3.8) is 0 Å². The van der Waals surface area contributed by atoms with E-state index in [-0.39, 0.29) is 17.6 Å². The van der Waals surface area contributed by atoms with Crippen molar-refractivity contribution >= 4 is 0 Å². The van der Waals surface area contributed by atoms with Gasteiger partial charge in [0, 0.05) is 0 Å². The summed E-state index contributed by atoms with van der Waals surface area (Å²) in [6.07, 6.45) is 9.17. The summed E-state index contributed by atoms with van der Waals surface area (Å²) in [5.41, 5.74) is 0.646. The van der Waals surface area contributed by atoms with Gasteiger partial charge in [-0.2, -0.15) is 0 Å². The highest BCUT2D eigenvalue weighted by molar-refractivity contribution is 5.11. The lowest BCUT2D eigenvalue weighted by molar-refractivity contribution is -0.176. The molecule has 0 bridgehead atoms. The average Bonchev–Trinajstić information content (AvgIpc) is 2.75. The van der Waals surface area contributed by atoms with Gasteiger partial charge in [0.15, 0.2) is 0 Å². The molecule has 0 spiro atoms. The monoisotopic (exact) mass is 306 g/mol. The third-order valence-corrected chi connectivity index (χ3v) is 9.04. The van der Waals surface area contributed by atoms with Gasteiger partial charge in [0.25, 0.3) is 0 Å². The normalized spacial score (nSPS) is 61.2. The molecule has 126 valence electrons. The van der Waals surface area contributed by atoms with Gasteiger partial charge >= 0.3 is 0 Å². The Bertz CT molecular complexity index is 449. The van der Waals surface area contributed by atoms with Gasteiger partial charge in [0.1, 0.15) is 0 Å². The zero-order chi connectivity index (χ0) is 15.7. The van der Waals surface area contributed by atoms with E-state index in [0.717, 1.165) is 43.4 Å². The van der Waals surface area contributed by atoms with E-state index in [2.05, 4.69) is 20.8 Å². The molecule has 0 aromatic carbocycles. The van der Waals surface area contributed by atoms with Crippen LogP contribution >= 0.6 is 0 Å². The lowest BCUT2D eigenvalue weighted by Gasteiger charge is -2.62. The van der Waals surface area contributed by atoms with Crippen LogP contribution in [0, 0.1) is 40.4 Å². The molecule has 4 saturated carbocycles. The molecule has 4 aliphatic carbocycles. The molecule has 0 unspecified atom stereocenters. The van der Waals surface area contributed by atoms with Crippen molar-refractivity contribution in [1.29, 1.82) is 0 Å². The lowest BCUT2D eigenvalue weighted by Crippen LogP contribution is -2.58. The molecule has 4 aliphatic rings. The van der Waals surface area contributed by atoms with Gasteiger partial charge in [-0.3, -0.25) is 0 Å². The summed E-state index contributed by atoms with van der Waals surface area (Å²) in [4.78, 5) is 0. The highest BCUT2D eigenvalue weighted by Gasteiger charge is 2.62. The summed E-state index contributed by atoms with van der Waals surface area (Å²) in [7, 11) is 0. The molecule has 0 heterocycles. The third-order valence-electron chi connectivity index (χ3n) is 9.04. The Kier molecular flexibility index (Phi) is 3.48. The van der Waals surface area contributed by atoms with E-state index >= 15 is 0 Å². The van der Waals surface area contributed by atoms with Gasteiger partial charge in [0.2, 0.25) is 0 Å². The molecule has 0 aromatic rings. The molecule has 2 N–H and O–H groups in total. The van der Waals surface area contributed by atoms with Gasteiger partial charge < -0.3 is 10.2 Å². The van der Waals surface area contributed by atoms with E-state index in [1.165, 1.54) is 25.7 Å². The van der Waals surface area contributed by atoms with Crippen LogP contribution in [-0.4, -0.2) is 22.4 Å². The Balaban J connectivity index is 1.68. The summed E-state index contributed by atoms with van der Waals surface area (Å²) in [5, 5.41) is 21.2. The first-order chi connectivity index (χ1) is 10.4. The van der Waals surface area contributed by atoms with Crippen LogP contribution in [0.15, 0.2) is 0 Å². The van der Waals surface area contributed by atoms with Crippen molar-refractivity contribution in [2.75, 3.05) is 0 Å². The van der Waals surface area contributed by atoms with E-state index in [9.17, 15) is 10.2 Å². The number of hydrogen-bond donors (Lipinski definition) is 2. The van der Waals surface area contributed by atoms with Gasteiger partial charge in [-0.25, -0.2) is 0 Å². The second kappa shape index (κ2) is 4.96. The minimum absolute atomic E-state index is 0.0906. The number of aliphatic hydroxyl groups is 2. The Morgan fingerprint density at radius 1 is 0.909 bits per heavy atom. The van der Waals surface area contributed by atoms with Crippen molar-refractivity contribution in [2.45, 2.75) is 84.3 Å². The molecule has 0 amide bonds. The predicted molar refractivity (Wildman–Crippen MR) is 88.3 cm³/mol. The fraction of sp³-hybridized carbons (Fsp3) is 1.00. The van der Waals surface area contributed by atoms with Gasteiger partial charge in [-0.1, -0.05) is 20.8 Å². The van der Waals surface area contributed by atoms with Crippen LogP contribution in [0.5, 0.6) is 0 Å². The number of hydrogen-bond acceptors (Lipinski definition) is 2. The number of rotatable bonds is 0. The number of fused-ring (bicyclic) bond motifs is 5. The van der Waals surface area contributed by atoms with Crippen molar-refractivity contribution in [3.05, 3.63) is 0 Å². The van der Waals surface area contributed by atoms with Crippen molar-refractivity contribution in [2.24, 2.45) is 40.4 Å². The highest BCUT2D eigenvalue weighted by Crippen LogP contribution is 2.67. The summed E-state index contributed by atoms with van der Waals surface area (Å²) >= 11 is 0. The Hall–Kier alpha value is -0.0800. The molecule has 2 heteroatoms. The first-order valence-corrected chi connectivity index (χ1v) is 9.72. The fourth-order valence-electron chi connectivity index (χ4n) is 7.61. The molecule has 2 nitrogen and oxygen atoms in total. The maximum absolute atomic E-state index is 11.1. The average molecular weight is 306 g/mol. The zero-order valence-corrected chi connectivity index (χ0v) is 14.6. The molecular weight excluding hydrogens is 272 g/mol. The number of aliphatic hydroxyl groups excluding tert-OH is 2. The maximum Gasteiger partial charge on any atom is 0.0581 e. The smallest absolute Gasteiger partial charge is 0.0581 e. The molecule has 0 radical (unpaired) electrons. The van der Waals surface area contributed by atoms with E-state index in [4.69, 9.17) is 0 Å². The Morgan fingerprint density at radius 3 is 2.45 bits per heavy atom. The molecule has 9 atom stereocenters. The summed E-state index contributed by atoms with van der Waals surface area (Å²) < 4.78 is 0. The van der Waals surface area contributed by atoms with Crippen LogP contribution in [-0.2, 0) is 0 Å². The quantitative estimate of drug-likeness (QED) is 0.710. The molecular formula is C20H34O2. The first kappa shape index (κ1) is 15.4. The first-order valence-electron chi connectivity index (χ1n) is 9.72. The molecule has 4 fully saturated rings. The molecule has 0 aliphatic heterocycles. The third kappa shape index (κ3) is 1.92.